The highest BCUT2D eigenvalue weighted by Crippen LogP contribution is 2.40. The smallest absolute Gasteiger partial charge is 0.183 e. The lowest BCUT2D eigenvalue weighted by atomic mass is 9.97. The molecule has 2 aromatic heterocycles. The van der Waals surface area contributed by atoms with Gasteiger partial charge in [-0.05, 0) is 22.9 Å². The number of hydrogen-bond acceptors (Lipinski definition) is 9. The quantitative estimate of drug-likeness (QED) is 0.513. The number of aliphatic hydroxyl groups is 3. The van der Waals surface area contributed by atoms with E-state index in [1.165, 1.54) is 25.0 Å². The molecule has 0 radical (unpaired) electrons. The Morgan fingerprint density at radius 3 is 2.87 bits per heavy atom. The average molecular weight is 390 g/mol. The Labute approximate surface area is 139 Å². The van der Waals surface area contributed by atoms with Crippen molar-refractivity contribution >= 4 is 32.8 Å². The first kappa shape index (κ1) is 16.5. The minimum atomic E-state index is -1.66. The molecule has 1 fully saturated rings. The van der Waals surface area contributed by atoms with E-state index in [9.17, 15) is 15.3 Å². The Morgan fingerprint density at radius 1 is 1.52 bits per heavy atom. The number of fused-ring (bicyclic) bond motifs is 1. The zero-order valence-electron chi connectivity index (χ0n) is 12.3. The minimum absolute atomic E-state index is 0.363. The number of halogens is 1. The Kier molecular flexibility index (Phi) is 4.25. The summed E-state index contributed by atoms with van der Waals surface area (Å²) in [6.07, 6.45) is -1.92. The van der Waals surface area contributed by atoms with E-state index in [1.807, 2.05) is 0 Å². The van der Waals surface area contributed by atoms with E-state index >= 15 is 0 Å². The van der Waals surface area contributed by atoms with Crippen molar-refractivity contribution < 1.29 is 24.9 Å². The number of nitrogens with zero attached hydrogens (tertiary/aromatic N) is 4. The summed E-state index contributed by atoms with van der Waals surface area (Å²) in [4.78, 5) is 13.1. The molecule has 2 aromatic rings. The predicted molar refractivity (Wildman–Crippen MR) is 81.3 cm³/mol. The third-order valence-electron chi connectivity index (χ3n) is 3.80. The van der Waals surface area contributed by atoms with Crippen molar-refractivity contribution in [1.82, 2.24) is 19.7 Å². The van der Waals surface area contributed by atoms with Gasteiger partial charge in [-0.25, -0.2) is 20.1 Å². The maximum absolute atomic E-state index is 10.6. The molecular weight excluding hydrogens is 374 g/mol. The molecule has 10 nitrogen and oxygen atoms in total. The van der Waals surface area contributed by atoms with E-state index in [0.29, 0.717) is 21.5 Å². The predicted octanol–water partition coefficient (Wildman–Crippen LogP) is -0.436. The summed E-state index contributed by atoms with van der Waals surface area (Å²) in [7, 11) is 1.44. The van der Waals surface area contributed by atoms with Crippen molar-refractivity contribution in [1.29, 1.82) is 0 Å². The molecule has 4 unspecified atom stereocenters. The zero-order chi connectivity index (χ0) is 16.8. The number of hydrogen-bond donors (Lipinski definition) is 4. The first-order chi connectivity index (χ1) is 10.9. The molecule has 1 saturated heterocycles. The van der Waals surface area contributed by atoms with Gasteiger partial charge in [0.2, 0.25) is 0 Å². The molecule has 3 rings (SSSR count). The van der Waals surface area contributed by atoms with Crippen LogP contribution in [0.25, 0.3) is 11.0 Å². The van der Waals surface area contributed by atoms with E-state index in [4.69, 9.17) is 9.57 Å². The summed E-state index contributed by atoms with van der Waals surface area (Å²) in [5, 5.41) is 34.8. The van der Waals surface area contributed by atoms with E-state index in [-0.39, 0.29) is 0 Å². The van der Waals surface area contributed by atoms with Crippen molar-refractivity contribution in [2.45, 2.75) is 31.0 Å². The summed E-state index contributed by atoms with van der Waals surface area (Å²) in [6.45, 7) is 0.981. The van der Waals surface area contributed by atoms with Gasteiger partial charge in [0.15, 0.2) is 17.7 Å². The molecule has 0 bridgehead atoms. The molecule has 1 aliphatic rings. The molecule has 0 amide bonds. The van der Waals surface area contributed by atoms with Gasteiger partial charge in [0.05, 0.1) is 19.1 Å². The molecule has 3 heterocycles. The summed E-state index contributed by atoms with van der Waals surface area (Å²) < 4.78 is 7.31. The topological polar surface area (TPSA) is 135 Å². The second-order valence-corrected chi connectivity index (χ2v) is 6.09. The SMILES string of the molecule is CONc1ncnc2c1c(Br)nn2C1OC(CO)C(O)C1(C)O. The molecule has 0 aliphatic carbocycles. The molecular formula is C12H16BrN5O5. The molecule has 23 heavy (non-hydrogen) atoms. The molecule has 1 aliphatic heterocycles. The highest BCUT2D eigenvalue weighted by Gasteiger charge is 2.53. The van der Waals surface area contributed by atoms with Gasteiger partial charge in [0, 0.05) is 0 Å². The van der Waals surface area contributed by atoms with E-state index in [0.717, 1.165) is 0 Å². The Balaban J connectivity index is 2.13. The van der Waals surface area contributed by atoms with Crippen LogP contribution < -0.4 is 5.48 Å². The highest BCUT2D eigenvalue weighted by atomic mass is 79.9. The lowest BCUT2D eigenvalue weighted by Crippen LogP contribution is -2.44. The summed E-state index contributed by atoms with van der Waals surface area (Å²) in [5.41, 5.74) is 1.32. The maximum Gasteiger partial charge on any atom is 0.183 e. The van der Waals surface area contributed by atoms with Crippen molar-refractivity contribution in [3.63, 3.8) is 0 Å². The molecule has 11 heteroatoms. The minimum Gasteiger partial charge on any atom is -0.394 e. The van der Waals surface area contributed by atoms with Crippen LogP contribution in [0.1, 0.15) is 13.2 Å². The normalized spacial score (nSPS) is 31.0. The van der Waals surface area contributed by atoms with Crippen molar-refractivity contribution in [2.75, 3.05) is 19.2 Å². The molecule has 0 saturated carbocycles. The number of anilines is 1. The first-order valence-electron chi connectivity index (χ1n) is 6.76. The second kappa shape index (κ2) is 5.92. The summed E-state index contributed by atoms with van der Waals surface area (Å²) in [5.74, 6) is 0.382. The van der Waals surface area contributed by atoms with E-state index < -0.39 is 30.6 Å². The Hall–Kier alpha value is -1.37. The van der Waals surface area contributed by atoms with Gasteiger partial charge in [-0.3, -0.25) is 4.84 Å². The number of nitrogens with one attached hydrogen (secondary N) is 1. The third kappa shape index (κ3) is 2.49. The first-order valence-corrected chi connectivity index (χ1v) is 7.55. The highest BCUT2D eigenvalue weighted by molar-refractivity contribution is 9.10. The number of ether oxygens (including phenoxy) is 1. The molecule has 0 aromatic carbocycles. The Bertz CT molecular complexity index is 723. The summed E-state index contributed by atoms with van der Waals surface area (Å²) >= 11 is 3.31. The van der Waals surface area contributed by atoms with Crippen molar-refractivity contribution in [3.8, 4) is 0 Å². The van der Waals surface area contributed by atoms with Gasteiger partial charge in [-0.15, -0.1) is 0 Å². The van der Waals surface area contributed by atoms with E-state index in [1.54, 1.807) is 0 Å². The monoisotopic (exact) mass is 389 g/mol. The largest absolute Gasteiger partial charge is 0.394 e. The maximum atomic E-state index is 10.6. The van der Waals surface area contributed by atoms with Crippen LogP contribution in [0.15, 0.2) is 10.9 Å². The van der Waals surface area contributed by atoms with Crippen LogP contribution in [-0.2, 0) is 9.57 Å². The second-order valence-electron chi connectivity index (χ2n) is 5.34. The lowest BCUT2D eigenvalue weighted by molar-refractivity contribution is -0.100. The lowest BCUT2D eigenvalue weighted by Gasteiger charge is -2.26. The molecule has 0 spiro atoms. The van der Waals surface area contributed by atoms with Crippen LogP contribution in [-0.4, -0.2) is 66.6 Å². The third-order valence-corrected chi connectivity index (χ3v) is 4.36. The van der Waals surface area contributed by atoms with Gasteiger partial charge in [0.1, 0.15) is 28.7 Å². The van der Waals surface area contributed by atoms with Crippen LogP contribution in [0.5, 0.6) is 0 Å². The fourth-order valence-electron chi connectivity index (χ4n) is 2.62. The van der Waals surface area contributed by atoms with Crippen LogP contribution in [0.2, 0.25) is 0 Å². The Morgan fingerprint density at radius 2 is 2.26 bits per heavy atom. The van der Waals surface area contributed by atoms with Crippen molar-refractivity contribution in [2.24, 2.45) is 0 Å². The van der Waals surface area contributed by atoms with Gasteiger partial charge in [-0.2, -0.15) is 5.10 Å². The number of rotatable bonds is 4. The summed E-state index contributed by atoms with van der Waals surface area (Å²) in [6, 6.07) is 0. The van der Waals surface area contributed by atoms with Gasteiger partial charge in [0.25, 0.3) is 0 Å². The molecule has 126 valence electrons. The van der Waals surface area contributed by atoms with Crippen molar-refractivity contribution in [3.05, 3.63) is 10.9 Å². The number of aliphatic hydroxyl groups excluding tert-OH is 2. The zero-order valence-corrected chi connectivity index (χ0v) is 13.9. The van der Waals surface area contributed by atoms with E-state index in [2.05, 4.69) is 36.5 Å². The molecule has 4 atom stereocenters. The fourth-order valence-corrected chi connectivity index (χ4v) is 3.15. The average Bonchev–Trinajstić information content (AvgIpc) is 2.96. The van der Waals surface area contributed by atoms with Gasteiger partial charge >= 0.3 is 0 Å². The standard InChI is InChI=1S/C12H16BrN5O5/c1-12(21)7(20)5(3-19)23-11(12)18-10-6(8(13)16-18)9(17-22-2)14-4-15-10/h4-5,7,11,19-21H,3H2,1-2H3,(H,14,15,17). The van der Waals surface area contributed by atoms with Crippen LogP contribution in [0.4, 0.5) is 5.82 Å². The van der Waals surface area contributed by atoms with Gasteiger partial charge < -0.3 is 20.1 Å². The fraction of sp³-hybridized carbons (Fsp3) is 0.583. The van der Waals surface area contributed by atoms with Crippen LogP contribution >= 0.6 is 15.9 Å². The van der Waals surface area contributed by atoms with Crippen LogP contribution in [0.3, 0.4) is 0 Å². The number of aromatic nitrogens is 4. The molecule has 4 N–H and O–H groups in total. The van der Waals surface area contributed by atoms with Gasteiger partial charge in [-0.1, -0.05) is 0 Å². The van der Waals surface area contributed by atoms with Crippen LogP contribution in [0, 0.1) is 0 Å².